The highest BCUT2D eigenvalue weighted by molar-refractivity contribution is 5.69. The topological polar surface area (TPSA) is 78.0 Å². The van der Waals surface area contributed by atoms with Crippen molar-refractivity contribution < 1.29 is 23.0 Å². The van der Waals surface area contributed by atoms with Crippen molar-refractivity contribution in [2.24, 2.45) is 0 Å². The molecule has 2 aromatic carbocycles. The molecule has 1 aliphatic heterocycles. The fourth-order valence-electron chi connectivity index (χ4n) is 4.66. The van der Waals surface area contributed by atoms with Crippen molar-refractivity contribution in [2.75, 3.05) is 13.7 Å². The second-order valence-electron chi connectivity index (χ2n) is 8.80. The van der Waals surface area contributed by atoms with Gasteiger partial charge in [0.25, 0.3) is 0 Å². The number of aryl methyl sites for hydroxylation is 2. The van der Waals surface area contributed by atoms with E-state index in [1.807, 2.05) is 42.0 Å². The molecule has 1 unspecified atom stereocenters. The number of aliphatic hydroxyl groups excluding tert-OH is 1. The first-order valence-electron chi connectivity index (χ1n) is 11.4. The van der Waals surface area contributed by atoms with Gasteiger partial charge in [-0.2, -0.15) is 5.10 Å². The fraction of sp³-hybridized carbons (Fsp3) is 0.269. The summed E-state index contributed by atoms with van der Waals surface area (Å²) in [6.45, 7) is 1.99. The molecule has 0 saturated heterocycles. The fourth-order valence-corrected chi connectivity index (χ4v) is 4.66. The third-order valence-corrected chi connectivity index (χ3v) is 6.51. The summed E-state index contributed by atoms with van der Waals surface area (Å²) in [4.78, 5) is 8.83. The van der Waals surface area contributed by atoms with E-state index in [0.717, 1.165) is 29.1 Å². The van der Waals surface area contributed by atoms with E-state index in [1.54, 1.807) is 24.2 Å². The predicted molar refractivity (Wildman–Crippen MR) is 127 cm³/mol. The maximum absolute atomic E-state index is 14.0. The van der Waals surface area contributed by atoms with Gasteiger partial charge in [-0.05, 0) is 61.2 Å². The molecule has 5 rings (SSSR count). The molecular formula is C26H24F3N5O2. The summed E-state index contributed by atoms with van der Waals surface area (Å²) in [6, 6.07) is 7.55. The second-order valence-corrected chi connectivity index (χ2v) is 8.80. The monoisotopic (exact) mass is 495 g/mol. The standard InChI is InChI=1S/C26H24F3N5O2/c1-16-13-33(15-30-16)21-6-4-17(10-22(21)36-2)5-7-23-31-25-26(14-35,8-3-9-34(25)32-23)18-11-19(27)24(29)20(28)12-18/h4-7,10-13,15,35H,3,8-9,14H2,1-2H3/b7-5+. The number of imidazole rings is 1. The summed E-state index contributed by atoms with van der Waals surface area (Å²) in [7, 11) is 1.59. The maximum Gasteiger partial charge on any atom is 0.194 e. The average Bonchev–Trinajstić information content (AvgIpc) is 3.51. The van der Waals surface area contributed by atoms with Gasteiger partial charge in [-0.3, -0.25) is 0 Å². The number of hydrogen-bond acceptors (Lipinski definition) is 5. The van der Waals surface area contributed by atoms with Gasteiger partial charge < -0.3 is 14.4 Å². The summed E-state index contributed by atoms with van der Waals surface area (Å²) in [5.41, 5.74) is 1.51. The minimum atomic E-state index is -1.54. The maximum atomic E-state index is 14.0. The van der Waals surface area contributed by atoms with Crippen LogP contribution in [0.1, 0.15) is 41.3 Å². The lowest BCUT2D eigenvalue weighted by molar-refractivity contribution is 0.180. The smallest absolute Gasteiger partial charge is 0.194 e. The molecule has 0 aliphatic carbocycles. The highest BCUT2D eigenvalue weighted by atomic mass is 19.2. The van der Waals surface area contributed by atoms with Gasteiger partial charge >= 0.3 is 0 Å². The van der Waals surface area contributed by atoms with Gasteiger partial charge in [-0.1, -0.05) is 12.1 Å². The summed E-state index contributed by atoms with van der Waals surface area (Å²) >= 11 is 0. The van der Waals surface area contributed by atoms with E-state index in [9.17, 15) is 18.3 Å². The molecule has 1 aliphatic rings. The van der Waals surface area contributed by atoms with Crippen molar-refractivity contribution in [3.8, 4) is 11.4 Å². The molecule has 0 spiro atoms. The largest absolute Gasteiger partial charge is 0.495 e. The van der Waals surface area contributed by atoms with E-state index < -0.39 is 29.5 Å². The Morgan fingerprint density at radius 2 is 1.92 bits per heavy atom. The Morgan fingerprint density at radius 1 is 1.14 bits per heavy atom. The van der Waals surface area contributed by atoms with Crippen LogP contribution in [0.25, 0.3) is 17.8 Å². The highest BCUT2D eigenvalue weighted by Gasteiger charge is 2.42. The quantitative estimate of drug-likeness (QED) is 0.400. The number of ether oxygens (including phenoxy) is 1. The molecule has 0 bridgehead atoms. The minimum absolute atomic E-state index is 0.125. The van der Waals surface area contributed by atoms with Crippen molar-refractivity contribution >= 4 is 12.2 Å². The molecule has 2 aromatic heterocycles. The normalized spacial score (nSPS) is 17.5. The lowest BCUT2D eigenvalue weighted by Gasteiger charge is -2.35. The van der Waals surface area contributed by atoms with Crippen LogP contribution in [0, 0.1) is 24.4 Å². The van der Waals surface area contributed by atoms with Gasteiger partial charge in [0.1, 0.15) is 11.6 Å². The molecule has 0 saturated carbocycles. The number of halogens is 3. The van der Waals surface area contributed by atoms with E-state index in [0.29, 0.717) is 36.8 Å². The zero-order chi connectivity index (χ0) is 25.4. The average molecular weight is 496 g/mol. The third-order valence-electron chi connectivity index (χ3n) is 6.51. The Kier molecular flexibility index (Phi) is 6.13. The lowest BCUT2D eigenvalue weighted by Crippen LogP contribution is -2.39. The SMILES string of the molecule is COc1cc(/C=C/c2nc3n(n2)CCCC3(CO)c2cc(F)c(F)c(F)c2)ccc1-n1cnc(C)c1. The lowest BCUT2D eigenvalue weighted by atomic mass is 9.74. The van der Waals surface area contributed by atoms with E-state index in [1.165, 1.54) is 0 Å². The molecule has 0 amide bonds. The van der Waals surface area contributed by atoms with Crippen LogP contribution in [-0.2, 0) is 12.0 Å². The van der Waals surface area contributed by atoms with Gasteiger partial charge in [-0.25, -0.2) is 27.8 Å². The van der Waals surface area contributed by atoms with Crippen LogP contribution in [0.15, 0.2) is 42.9 Å². The van der Waals surface area contributed by atoms with Crippen LogP contribution in [0.2, 0.25) is 0 Å². The second kappa shape index (κ2) is 9.27. The summed E-state index contributed by atoms with van der Waals surface area (Å²) in [5, 5.41) is 14.8. The minimum Gasteiger partial charge on any atom is -0.495 e. The zero-order valence-electron chi connectivity index (χ0n) is 19.8. The zero-order valence-corrected chi connectivity index (χ0v) is 19.8. The molecular weight excluding hydrogens is 471 g/mol. The van der Waals surface area contributed by atoms with Crippen molar-refractivity contribution in [3.63, 3.8) is 0 Å². The molecule has 10 heteroatoms. The number of nitrogens with zero attached hydrogens (tertiary/aromatic N) is 5. The molecule has 0 fully saturated rings. The van der Waals surface area contributed by atoms with E-state index in [4.69, 9.17) is 4.74 Å². The molecule has 0 radical (unpaired) electrons. The molecule has 1 atom stereocenters. The first-order valence-corrected chi connectivity index (χ1v) is 11.4. The van der Waals surface area contributed by atoms with Crippen LogP contribution >= 0.6 is 0 Å². The van der Waals surface area contributed by atoms with Crippen molar-refractivity contribution in [2.45, 2.75) is 31.7 Å². The molecule has 36 heavy (non-hydrogen) atoms. The third kappa shape index (κ3) is 4.07. The van der Waals surface area contributed by atoms with Crippen LogP contribution in [0.5, 0.6) is 5.75 Å². The number of methoxy groups -OCH3 is 1. The Balaban J connectivity index is 1.48. The highest BCUT2D eigenvalue weighted by Crippen LogP contribution is 2.40. The van der Waals surface area contributed by atoms with E-state index in [2.05, 4.69) is 15.1 Å². The van der Waals surface area contributed by atoms with Gasteiger partial charge in [-0.15, -0.1) is 0 Å². The van der Waals surface area contributed by atoms with Crippen molar-refractivity contribution in [1.82, 2.24) is 24.3 Å². The molecule has 7 nitrogen and oxygen atoms in total. The number of fused-ring (bicyclic) bond motifs is 1. The summed E-state index contributed by atoms with van der Waals surface area (Å²) < 4.78 is 50.7. The number of benzene rings is 2. The Bertz CT molecular complexity index is 1440. The Morgan fingerprint density at radius 3 is 2.58 bits per heavy atom. The number of aromatic nitrogens is 5. The molecule has 1 N–H and O–H groups in total. The van der Waals surface area contributed by atoms with Crippen molar-refractivity contribution in [1.29, 1.82) is 0 Å². The molecule has 4 aromatic rings. The van der Waals surface area contributed by atoms with Gasteiger partial charge in [0, 0.05) is 12.7 Å². The van der Waals surface area contributed by atoms with Crippen molar-refractivity contribution in [3.05, 3.63) is 88.8 Å². The molecule has 186 valence electrons. The van der Waals surface area contributed by atoms with Crippen LogP contribution in [0.4, 0.5) is 13.2 Å². The predicted octanol–water partition coefficient (Wildman–Crippen LogP) is 4.44. The first kappa shape index (κ1) is 23.8. The first-order chi connectivity index (χ1) is 17.3. The van der Waals surface area contributed by atoms with Crippen LogP contribution in [-0.4, -0.2) is 43.1 Å². The Labute approximate surface area is 205 Å². The van der Waals surface area contributed by atoms with Gasteiger partial charge in [0.2, 0.25) is 0 Å². The van der Waals surface area contributed by atoms with Crippen LogP contribution < -0.4 is 4.74 Å². The van der Waals surface area contributed by atoms with E-state index >= 15 is 0 Å². The van der Waals surface area contributed by atoms with Gasteiger partial charge in [0.05, 0.1) is 36.8 Å². The number of hydrogen-bond donors (Lipinski definition) is 1. The molecule has 3 heterocycles. The Hall–Kier alpha value is -3.92. The number of rotatable bonds is 6. The number of aliphatic hydroxyl groups is 1. The van der Waals surface area contributed by atoms with Crippen LogP contribution in [0.3, 0.4) is 0 Å². The van der Waals surface area contributed by atoms with E-state index in [-0.39, 0.29) is 5.56 Å². The summed E-state index contributed by atoms with van der Waals surface area (Å²) in [6.07, 6.45) is 8.16. The van der Waals surface area contributed by atoms with Gasteiger partial charge in [0.15, 0.2) is 23.3 Å². The summed E-state index contributed by atoms with van der Waals surface area (Å²) in [5.74, 6) is -2.75.